The SMILES string of the molecule is CCN(CC)OC(C)(C)C(Cl)(Cl)Cl. The van der Waals surface area contributed by atoms with Gasteiger partial charge in [0.2, 0.25) is 3.79 Å². The fraction of sp³-hybridized carbons (Fsp3) is 1.00. The fourth-order valence-electron chi connectivity index (χ4n) is 0.727. The molecule has 5 heteroatoms. The largest absolute Gasteiger partial charge is 0.289 e. The molecule has 0 aromatic heterocycles. The van der Waals surface area contributed by atoms with Crippen molar-refractivity contribution in [1.29, 1.82) is 0 Å². The van der Waals surface area contributed by atoms with Crippen molar-refractivity contribution in [3.8, 4) is 0 Å². The molecular weight excluding hydrogens is 232 g/mol. The zero-order valence-corrected chi connectivity index (χ0v) is 10.7. The monoisotopic (exact) mass is 247 g/mol. The Balaban J connectivity index is 4.31. The quantitative estimate of drug-likeness (QED) is 0.558. The van der Waals surface area contributed by atoms with Crippen LogP contribution in [0.2, 0.25) is 0 Å². The Morgan fingerprint density at radius 3 is 1.69 bits per heavy atom. The second-order valence-electron chi connectivity index (χ2n) is 3.21. The molecule has 0 unspecified atom stereocenters. The van der Waals surface area contributed by atoms with Crippen LogP contribution in [0.3, 0.4) is 0 Å². The Bertz CT molecular complexity index is 152. The van der Waals surface area contributed by atoms with Gasteiger partial charge in [-0.05, 0) is 13.8 Å². The van der Waals surface area contributed by atoms with Crippen molar-refractivity contribution < 1.29 is 4.84 Å². The topological polar surface area (TPSA) is 12.5 Å². The van der Waals surface area contributed by atoms with Gasteiger partial charge >= 0.3 is 0 Å². The lowest BCUT2D eigenvalue weighted by molar-refractivity contribution is -0.229. The number of halogens is 3. The van der Waals surface area contributed by atoms with Crippen LogP contribution in [0, 0.1) is 0 Å². The molecule has 0 saturated heterocycles. The maximum Gasteiger partial charge on any atom is 0.220 e. The number of rotatable bonds is 4. The average Bonchev–Trinajstić information content (AvgIpc) is 1.98. The average molecular weight is 249 g/mol. The highest BCUT2D eigenvalue weighted by Crippen LogP contribution is 2.40. The number of alkyl halides is 3. The third kappa shape index (κ3) is 4.22. The minimum atomic E-state index is -1.42. The summed E-state index contributed by atoms with van der Waals surface area (Å²) >= 11 is 17.3. The summed E-state index contributed by atoms with van der Waals surface area (Å²) < 4.78 is -1.42. The summed E-state index contributed by atoms with van der Waals surface area (Å²) in [5, 5.41) is 1.75. The predicted octanol–water partition coefficient (Wildman–Crippen LogP) is 3.41. The summed E-state index contributed by atoms with van der Waals surface area (Å²) in [7, 11) is 0. The molecule has 0 radical (unpaired) electrons. The van der Waals surface area contributed by atoms with Gasteiger partial charge in [-0.3, -0.25) is 4.84 Å². The molecule has 0 aromatic rings. The molecule has 0 spiro atoms. The summed E-state index contributed by atoms with van der Waals surface area (Å²) in [6.07, 6.45) is 0. The maximum absolute atomic E-state index is 5.76. The van der Waals surface area contributed by atoms with Crippen LogP contribution < -0.4 is 0 Å². The first-order chi connectivity index (χ1) is 5.74. The minimum absolute atomic E-state index is 0.765. The highest BCUT2D eigenvalue weighted by Gasteiger charge is 2.43. The van der Waals surface area contributed by atoms with Gasteiger partial charge in [0.15, 0.2) is 0 Å². The standard InChI is InChI=1S/C8H16Cl3NO/c1-5-12(6-2)13-7(3,4)8(9,10)11/h5-6H2,1-4H3. The van der Waals surface area contributed by atoms with Crippen molar-refractivity contribution in [1.82, 2.24) is 5.06 Å². The van der Waals surface area contributed by atoms with Crippen LogP contribution in [0.1, 0.15) is 27.7 Å². The molecule has 0 bridgehead atoms. The van der Waals surface area contributed by atoms with E-state index >= 15 is 0 Å². The lowest BCUT2D eigenvalue weighted by atomic mass is 10.2. The van der Waals surface area contributed by atoms with Gasteiger partial charge in [-0.2, -0.15) is 5.06 Å². The van der Waals surface area contributed by atoms with E-state index in [1.807, 2.05) is 13.8 Å². The molecule has 0 aliphatic heterocycles. The summed E-state index contributed by atoms with van der Waals surface area (Å²) in [4.78, 5) is 5.54. The molecule has 0 aliphatic rings. The molecule has 0 saturated carbocycles. The zero-order chi connectivity index (χ0) is 10.7. The Morgan fingerprint density at radius 1 is 1.08 bits per heavy atom. The summed E-state index contributed by atoms with van der Waals surface area (Å²) in [6.45, 7) is 8.99. The van der Waals surface area contributed by atoms with Crippen molar-refractivity contribution in [3.63, 3.8) is 0 Å². The molecule has 2 nitrogen and oxygen atoms in total. The summed E-state index contributed by atoms with van der Waals surface area (Å²) in [6, 6.07) is 0. The van der Waals surface area contributed by atoms with E-state index in [0.29, 0.717) is 0 Å². The van der Waals surface area contributed by atoms with Gasteiger partial charge in [0.05, 0.1) is 0 Å². The van der Waals surface area contributed by atoms with Crippen LogP contribution in [0.25, 0.3) is 0 Å². The minimum Gasteiger partial charge on any atom is -0.289 e. The molecular formula is C8H16Cl3NO. The third-order valence-electron chi connectivity index (χ3n) is 1.75. The van der Waals surface area contributed by atoms with E-state index in [1.165, 1.54) is 0 Å². The van der Waals surface area contributed by atoms with Crippen LogP contribution in [-0.4, -0.2) is 27.5 Å². The molecule has 80 valence electrons. The lowest BCUT2D eigenvalue weighted by Crippen LogP contribution is -2.45. The van der Waals surface area contributed by atoms with Crippen molar-refractivity contribution in [2.45, 2.75) is 37.1 Å². The van der Waals surface area contributed by atoms with Gasteiger partial charge in [-0.25, -0.2) is 0 Å². The Labute approximate surface area is 95.0 Å². The van der Waals surface area contributed by atoms with Crippen molar-refractivity contribution in [2.75, 3.05) is 13.1 Å². The van der Waals surface area contributed by atoms with Gasteiger partial charge < -0.3 is 0 Å². The second kappa shape index (κ2) is 5.04. The molecule has 0 rings (SSSR count). The molecule has 13 heavy (non-hydrogen) atoms. The molecule has 0 heterocycles. The maximum atomic E-state index is 5.76. The van der Waals surface area contributed by atoms with E-state index in [4.69, 9.17) is 39.6 Å². The number of hydrogen-bond acceptors (Lipinski definition) is 2. The highest BCUT2D eigenvalue weighted by molar-refractivity contribution is 6.68. The number of hydrogen-bond donors (Lipinski definition) is 0. The Hall–Kier alpha value is 0.790. The number of nitrogens with zero attached hydrogens (tertiary/aromatic N) is 1. The van der Waals surface area contributed by atoms with Crippen LogP contribution in [-0.2, 0) is 4.84 Å². The summed E-state index contributed by atoms with van der Waals surface area (Å²) in [5.74, 6) is 0. The first kappa shape index (κ1) is 13.8. The fourth-order valence-corrected chi connectivity index (χ4v) is 0.831. The Morgan fingerprint density at radius 2 is 1.46 bits per heavy atom. The van der Waals surface area contributed by atoms with Crippen LogP contribution in [0.5, 0.6) is 0 Å². The van der Waals surface area contributed by atoms with Crippen LogP contribution in [0.15, 0.2) is 0 Å². The van der Waals surface area contributed by atoms with E-state index in [2.05, 4.69) is 0 Å². The van der Waals surface area contributed by atoms with Gasteiger partial charge in [0.25, 0.3) is 0 Å². The van der Waals surface area contributed by atoms with E-state index in [1.54, 1.807) is 18.9 Å². The van der Waals surface area contributed by atoms with Crippen LogP contribution in [0.4, 0.5) is 0 Å². The third-order valence-corrected chi connectivity index (χ3v) is 3.11. The van der Waals surface area contributed by atoms with Crippen LogP contribution >= 0.6 is 34.8 Å². The molecule has 0 aliphatic carbocycles. The van der Waals surface area contributed by atoms with Gasteiger partial charge in [0.1, 0.15) is 5.60 Å². The normalized spacial score (nSPS) is 13.8. The summed E-state index contributed by atoms with van der Waals surface area (Å²) in [5.41, 5.74) is -0.816. The smallest absolute Gasteiger partial charge is 0.220 e. The van der Waals surface area contributed by atoms with E-state index in [9.17, 15) is 0 Å². The first-order valence-electron chi connectivity index (χ1n) is 4.25. The van der Waals surface area contributed by atoms with Crippen molar-refractivity contribution >= 4 is 34.8 Å². The second-order valence-corrected chi connectivity index (χ2v) is 5.49. The van der Waals surface area contributed by atoms with Crippen molar-refractivity contribution in [3.05, 3.63) is 0 Å². The highest BCUT2D eigenvalue weighted by atomic mass is 35.6. The van der Waals surface area contributed by atoms with E-state index in [-0.39, 0.29) is 0 Å². The van der Waals surface area contributed by atoms with Crippen molar-refractivity contribution in [2.24, 2.45) is 0 Å². The molecule has 0 amide bonds. The van der Waals surface area contributed by atoms with Gasteiger partial charge in [0, 0.05) is 13.1 Å². The first-order valence-corrected chi connectivity index (χ1v) is 5.38. The van der Waals surface area contributed by atoms with E-state index < -0.39 is 9.39 Å². The van der Waals surface area contributed by atoms with Gasteiger partial charge in [-0.1, -0.05) is 48.7 Å². The molecule has 0 N–H and O–H groups in total. The lowest BCUT2D eigenvalue weighted by Gasteiger charge is -2.36. The van der Waals surface area contributed by atoms with E-state index in [0.717, 1.165) is 13.1 Å². The molecule has 0 fully saturated rings. The molecule has 0 aromatic carbocycles. The number of hydroxylamine groups is 2. The zero-order valence-electron chi connectivity index (χ0n) is 8.40. The predicted molar refractivity (Wildman–Crippen MR) is 58.4 cm³/mol. The van der Waals surface area contributed by atoms with Gasteiger partial charge in [-0.15, -0.1) is 0 Å². The Kier molecular flexibility index (Phi) is 5.34. The molecule has 0 atom stereocenters.